The monoisotopic (exact) mass is 266 g/mol. The van der Waals surface area contributed by atoms with Crippen LogP contribution in [0.15, 0.2) is 30.3 Å². The first-order valence-electron chi connectivity index (χ1n) is 5.35. The van der Waals surface area contributed by atoms with E-state index in [9.17, 15) is 18.0 Å². The second-order valence-corrected chi connectivity index (χ2v) is 3.83. The molecular weight excluding hydrogens is 257 g/mol. The first-order valence-corrected chi connectivity index (χ1v) is 5.35. The van der Waals surface area contributed by atoms with Crippen LogP contribution in [0.5, 0.6) is 5.75 Å². The third-order valence-corrected chi connectivity index (χ3v) is 2.65. The SMILES string of the molecule is COc1ccc(C=O)cc1-c1cc(F)c(F)c(F)c1. The molecule has 0 spiro atoms. The molecule has 0 saturated carbocycles. The van der Waals surface area contributed by atoms with Gasteiger partial charge in [0.05, 0.1) is 7.11 Å². The van der Waals surface area contributed by atoms with E-state index in [4.69, 9.17) is 4.74 Å². The summed E-state index contributed by atoms with van der Waals surface area (Å²) in [5.74, 6) is -3.80. The smallest absolute Gasteiger partial charge is 0.194 e. The lowest BCUT2D eigenvalue weighted by atomic mass is 10.0. The predicted molar refractivity (Wildman–Crippen MR) is 63.7 cm³/mol. The van der Waals surface area contributed by atoms with E-state index in [0.717, 1.165) is 12.1 Å². The highest BCUT2D eigenvalue weighted by Gasteiger charge is 2.14. The molecule has 98 valence electrons. The zero-order chi connectivity index (χ0) is 14.0. The second-order valence-electron chi connectivity index (χ2n) is 3.83. The van der Waals surface area contributed by atoms with Crippen molar-refractivity contribution in [3.05, 3.63) is 53.3 Å². The number of hydrogen-bond acceptors (Lipinski definition) is 2. The molecule has 0 heterocycles. The van der Waals surface area contributed by atoms with Crippen LogP contribution in [0.3, 0.4) is 0 Å². The normalized spacial score (nSPS) is 10.3. The highest BCUT2D eigenvalue weighted by atomic mass is 19.2. The van der Waals surface area contributed by atoms with Gasteiger partial charge in [-0.3, -0.25) is 4.79 Å². The average Bonchev–Trinajstić information content (AvgIpc) is 2.43. The Morgan fingerprint density at radius 2 is 1.68 bits per heavy atom. The Morgan fingerprint density at radius 1 is 1.05 bits per heavy atom. The van der Waals surface area contributed by atoms with Crippen molar-refractivity contribution in [3.8, 4) is 16.9 Å². The Balaban J connectivity index is 2.66. The maximum Gasteiger partial charge on any atom is 0.194 e. The molecule has 5 heteroatoms. The number of rotatable bonds is 3. The quantitative estimate of drug-likeness (QED) is 0.627. The van der Waals surface area contributed by atoms with E-state index < -0.39 is 17.5 Å². The Kier molecular flexibility index (Phi) is 3.55. The third kappa shape index (κ3) is 2.45. The summed E-state index contributed by atoms with van der Waals surface area (Å²) >= 11 is 0. The minimum absolute atomic E-state index is 0.0944. The molecule has 2 nitrogen and oxygen atoms in total. The van der Waals surface area contributed by atoms with Crippen molar-refractivity contribution in [1.82, 2.24) is 0 Å². The van der Waals surface area contributed by atoms with E-state index >= 15 is 0 Å². The van der Waals surface area contributed by atoms with Crippen LogP contribution >= 0.6 is 0 Å². The van der Waals surface area contributed by atoms with E-state index in [1.165, 1.54) is 25.3 Å². The lowest BCUT2D eigenvalue weighted by molar-refractivity contribution is 0.112. The molecule has 0 aliphatic rings. The predicted octanol–water partition coefficient (Wildman–Crippen LogP) is 3.59. The fraction of sp³-hybridized carbons (Fsp3) is 0.0714. The highest BCUT2D eigenvalue weighted by molar-refractivity contribution is 5.81. The van der Waals surface area contributed by atoms with Crippen LogP contribution in [-0.2, 0) is 0 Å². The molecule has 19 heavy (non-hydrogen) atoms. The lowest BCUT2D eigenvalue weighted by Crippen LogP contribution is -1.95. The van der Waals surface area contributed by atoms with Crippen LogP contribution in [0, 0.1) is 17.5 Å². The molecule has 2 rings (SSSR count). The Morgan fingerprint density at radius 3 is 2.21 bits per heavy atom. The van der Waals surface area contributed by atoms with Gasteiger partial charge in [0, 0.05) is 11.1 Å². The summed E-state index contributed by atoms with van der Waals surface area (Å²) < 4.78 is 44.4. The average molecular weight is 266 g/mol. The fourth-order valence-corrected chi connectivity index (χ4v) is 1.74. The van der Waals surface area contributed by atoms with Crippen LogP contribution in [0.2, 0.25) is 0 Å². The molecule has 2 aromatic carbocycles. The Hall–Kier alpha value is -2.30. The molecule has 0 saturated heterocycles. The standard InChI is InChI=1S/C14H9F3O2/c1-19-13-3-2-8(7-18)4-10(13)9-5-11(15)14(17)12(16)6-9/h2-7H,1H3. The fourth-order valence-electron chi connectivity index (χ4n) is 1.74. The van der Waals surface area contributed by atoms with Crippen molar-refractivity contribution >= 4 is 6.29 Å². The van der Waals surface area contributed by atoms with Crippen molar-refractivity contribution in [2.45, 2.75) is 0 Å². The van der Waals surface area contributed by atoms with Gasteiger partial charge in [-0.05, 0) is 35.9 Å². The highest BCUT2D eigenvalue weighted by Crippen LogP contribution is 2.32. The maximum atomic E-state index is 13.2. The molecular formula is C14H9F3O2. The summed E-state index contributed by atoms with van der Waals surface area (Å²) in [6, 6.07) is 6.12. The van der Waals surface area contributed by atoms with Crippen molar-refractivity contribution in [2.75, 3.05) is 7.11 Å². The van der Waals surface area contributed by atoms with Gasteiger partial charge in [0.25, 0.3) is 0 Å². The minimum Gasteiger partial charge on any atom is -0.496 e. The largest absolute Gasteiger partial charge is 0.496 e. The van der Waals surface area contributed by atoms with Gasteiger partial charge < -0.3 is 4.74 Å². The summed E-state index contributed by atoms with van der Waals surface area (Å²) in [5.41, 5.74) is 0.725. The number of halogens is 3. The first-order chi connectivity index (χ1) is 9.06. The number of hydrogen-bond donors (Lipinski definition) is 0. The van der Waals surface area contributed by atoms with Crippen LogP contribution in [0.1, 0.15) is 10.4 Å². The zero-order valence-electron chi connectivity index (χ0n) is 9.91. The van der Waals surface area contributed by atoms with Crippen LogP contribution in [-0.4, -0.2) is 13.4 Å². The van der Waals surface area contributed by atoms with E-state index in [2.05, 4.69) is 0 Å². The third-order valence-electron chi connectivity index (χ3n) is 2.65. The number of ether oxygens (including phenoxy) is 1. The summed E-state index contributed by atoms with van der Waals surface area (Å²) in [4.78, 5) is 10.7. The summed E-state index contributed by atoms with van der Waals surface area (Å²) in [6.45, 7) is 0. The number of carbonyl (C=O) groups is 1. The zero-order valence-corrected chi connectivity index (χ0v) is 9.91. The second kappa shape index (κ2) is 5.14. The Bertz CT molecular complexity index is 616. The summed E-state index contributed by atoms with van der Waals surface area (Å²) in [6.07, 6.45) is 0.596. The minimum atomic E-state index is -1.53. The molecule has 0 aliphatic heterocycles. The van der Waals surface area contributed by atoms with E-state index in [-0.39, 0.29) is 5.56 Å². The molecule has 0 radical (unpaired) electrons. The van der Waals surface area contributed by atoms with Gasteiger partial charge in [-0.25, -0.2) is 13.2 Å². The number of carbonyl (C=O) groups excluding carboxylic acids is 1. The molecule has 0 amide bonds. The number of aldehydes is 1. The lowest BCUT2D eigenvalue weighted by Gasteiger charge is -2.10. The van der Waals surface area contributed by atoms with E-state index in [1.807, 2.05) is 0 Å². The molecule has 0 aromatic heterocycles. The number of benzene rings is 2. The molecule has 0 N–H and O–H groups in total. The van der Waals surface area contributed by atoms with Gasteiger partial charge in [-0.2, -0.15) is 0 Å². The van der Waals surface area contributed by atoms with Crippen molar-refractivity contribution in [1.29, 1.82) is 0 Å². The van der Waals surface area contributed by atoms with E-state index in [0.29, 0.717) is 23.2 Å². The van der Waals surface area contributed by atoms with Crippen LogP contribution in [0.25, 0.3) is 11.1 Å². The van der Waals surface area contributed by atoms with Crippen molar-refractivity contribution in [2.24, 2.45) is 0 Å². The van der Waals surface area contributed by atoms with Gasteiger partial charge in [0.15, 0.2) is 17.5 Å². The van der Waals surface area contributed by atoms with Crippen molar-refractivity contribution < 1.29 is 22.7 Å². The summed E-state index contributed by atoms with van der Waals surface area (Å²) in [5, 5.41) is 0. The van der Waals surface area contributed by atoms with Gasteiger partial charge in [0.2, 0.25) is 0 Å². The molecule has 0 atom stereocenters. The number of methoxy groups -OCH3 is 1. The van der Waals surface area contributed by atoms with Crippen LogP contribution < -0.4 is 4.74 Å². The van der Waals surface area contributed by atoms with Gasteiger partial charge >= 0.3 is 0 Å². The molecule has 0 bridgehead atoms. The Labute approximate surface area is 107 Å². The van der Waals surface area contributed by atoms with Crippen LogP contribution in [0.4, 0.5) is 13.2 Å². The maximum absolute atomic E-state index is 13.2. The molecule has 0 aliphatic carbocycles. The van der Waals surface area contributed by atoms with Gasteiger partial charge in [-0.1, -0.05) is 0 Å². The first kappa shape index (κ1) is 13.1. The summed E-state index contributed by atoms with van der Waals surface area (Å²) in [7, 11) is 1.38. The molecule has 2 aromatic rings. The molecule has 0 fully saturated rings. The van der Waals surface area contributed by atoms with Crippen molar-refractivity contribution in [3.63, 3.8) is 0 Å². The topological polar surface area (TPSA) is 26.3 Å². The molecule has 0 unspecified atom stereocenters. The van der Waals surface area contributed by atoms with E-state index in [1.54, 1.807) is 0 Å². The van der Waals surface area contributed by atoms with Gasteiger partial charge in [-0.15, -0.1) is 0 Å². The van der Waals surface area contributed by atoms with Gasteiger partial charge in [0.1, 0.15) is 12.0 Å².